The fourth-order valence-corrected chi connectivity index (χ4v) is 5.80. The van der Waals surface area contributed by atoms with Crippen LogP contribution < -0.4 is 0 Å². The number of hydrogen-bond donors (Lipinski definition) is 0. The number of fused-ring (bicyclic) bond motifs is 1. The fraction of sp³-hybridized carbons (Fsp3) is 0.909. The van der Waals surface area contributed by atoms with Gasteiger partial charge in [-0.3, -0.25) is 9.59 Å². The Hall–Kier alpha value is -1.14. The topological polar surface area (TPSA) is 59.1 Å². The molecule has 3 aliphatic heterocycles. The number of amides is 2. The average molecular weight is 393 g/mol. The van der Waals surface area contributed by atoms with Crippen LogP contribution in [0.5, 0.6) is 0 Å². The lowest BCUT2D eigenvalue weighted by Gasteiger charge is -2.53. The second-order valence-corrected chi connectivity index (χ2v) is 9.59. The highest BCUT2D eigenvalue weighted by atomic mass is 16.7. The van der Waals surface area contributed by atoms with Gasteiger partial charge in [-0.05, 0) is 31.6 Å². The quantitative estimate of drug-likeness (QED) is 0.738. The Labute approximate surface area is 168 Å². The Morgan fingerprint density at radius 1 is 1.11 bits per heavy atom. The lowest BCUT2D eigenvalue weighted by Crippen LogP contribution is -2.63. The molecule has 0 N–H and O–H groups in total. The second kappa shape index (κ2) is 7.94. The van der Waals surface area contributed by atoms with Crippen molar-refractivity contribution in [3.05, 3.63) is 0 Å². The van der Waals surface area contributed by atoms with E-state index in [-0.39, 0.29) is 23.3 Å². The molecule has 0 bridgehead atoms. The third kappa shape index (κ3) is 3.58. The molecule has 2 atom stereocenters. The van der Waals surface area contributed by atoms with E-state index in [1.165, 1.54) is 0 Å². The molecule has 28 heavy (non-hydrogen) atoms. The summed E-state index contributed by atoms with van der Waals surface area (Å²) in [5.41, 5.74) is -0.370. The fourth-order valence-electron chi connectivity index (χ4n) is 5.80. The Morgan fingerprint density at radius 3 is 2.50 bits per heavy atom. The first-order valence-electron chi connectivity index (χ1n) is 11.3. The third-order valence-corrected chi connectivity index (χ3v) is 7.47. The van der Waals surface area contributed by atoms with E-state index in [1.807, 2.05) is 4.90 Å². The van der Waals surface area contributed by atoms with Gasteiger partial charge in [0.1, 0.15) is 0 Å². The molecule has 3 heterocycles. The smallest absolute Gasteiger partial charge is 0.230 e. The van der Waals surface area contributed by atoms with Crippen molar-refractivity contribution in [1.29, 1.82) is 0 Å². The number of ether oxygens (including phenoxy) is 2. The summed E-state index contributed by atoms with van der Waals surface area (Å²) < 4.78 is 11.7. The molecular formula is C22H36N2O4. The standard InChI is InChI=1S/C22H36N2O4/c1-17(2)7-12-24-18-5-3-4-8-21(18,9-6-19(24)25)20(26)23-13-10-22(11-14-23)27-15-16-28-22/h17-18H,3-16H2,1-2H3/t18-,21-/m1/s1. The number of carbonyl (C=O) groups is 2. The van der Waals surface area contributed by atoms with Gasteiger partial charge in [-0.1, -0.05) is 26.7 Å². The molecule has 4 aliphatic rings. The van der Waals surface area contributed by atoms with Gasteiger partial charge in [0.15, 0.2) is 5.79 Å². The number of carbonyl (C=O) groups excluding carboxylic acids is 2. The SMILES string of the molecule is CC(C)CCN1C(=O)CC[C@]2(C(=O)N3CCC4(CC3)OCCO4)CCCC[C@@H]12. The number of piperidine rings is 2. The van der Waals surface area contributed by atoms with Crippen molar-refractivity contribution in [2.45, 2.75) is 83.5 Å². The van der Waals surface area contributed by atoms with Gasteiger partial charge in [0.05, 0.1) is 18.6 Å². The van der Waals surface area contributed by atoms with Crippen LogP contribution in [-0.4, -0.2) is 66.3 Å². The van der Waals surface area contributed by atoms with Crippen LogP contribution in [0.25, 0.3) is 0 Å². The summed E-state index contributed by atoms with van der Waals surface area (Å²) in [6.45, 7) is 7.91. The maximum atomic E-state index is 13.8. The average Bonchev–Trinajstić information content (AvgIpc) is 3.15. The van der Waals surface area contributed by atoms with Gasteiger partial charge in [0.25, 0.3) is 0 Å². The number of nitrogens with zero attached hydrogens (tertiary/aromatic N) is 2. The van der Waals surface area contributed by atoms with Crippen LogP contribution in [0.15, 0.2) is 0 Å². The zero-order valence-electron chi connectivity index (χ0n) is 17.6. The van der Waals surface area contributed by atoms with E-state index >= 15 is 0 Å². The maximum Gasteiger partial charge on any atom is 0.230 e. The molecule has 1 saturated carbocycles. The molecule has 0 aromatic rings. The van der Waals surface area contributed by atoms with Crippen LogP contribution in [0.3, 0.4) is 0 Å². The highest BCUT2D eigenvalue weighted by molar-refractivity contribution is 5.88. The molecule has 6 nitrogen and oxygen atoms in total. The molecule has 4 fully saturated rings. The molecule has 2 amide bonds. The van der Waals surface area contributed by atoms with Crippen LogP contribution in [0.2, 0.25) is 0 Å². The van der Waals surface area contributed by atoms with E-state index in [0.29, 0.717) is 38.6 Å². The molecule has 0 aromatic carbocycles. The normalized spacial score (nSPS) is 32.8. The minimum absolute atomic E-state index is 0.0867. The molecule has 0 unspecified atom stereocenters. The number of hydrogen-bond acceptors (Lipinski definition) is 4. The minimum Gasteiger partial charge on any atom is -0.347 e. The van der Waals surface area contributed by atoms with Gasteiger partial charge in [0, 0.05) is 44.9 Å². The van der Waals surface area contributed by atoms with Crippen LogP contribution >= 0.6 is 0 Å². The van der Waals surface area contributed by atoms with Crippen molar-refractivity contribution in [3.8, 4) is 0 Å². The summed E-state index contributed by atoms with van der Waals surface area (Å²) in [4.78, 5) is 30.7. The molecule has 1 spiro atoms. The first kappa shape index (κ1) is 20.1. The van der Waals surface area contributed by atoms with Crippen LogP contribution in [0.1, 0.15) is 71.6 Å². The molecule has 0 aromatic heterocycles. The van der Waals surface area contributed by atoms with Gasteiger partial charge in [-0.25, -0.2) is 0 Å². The summed E-state index contributed by atoms with van der Waals surface area (Å²) in [5.74, 6) is 0.647. The Morgan fingerprint density at radius 2 is 1.82 bits per heavy atom. The van der Waals surface area contributed by atoms with Crippen molar-refractivity contribution in [2.75, 3.05) is 32.8 Å². The third-order valence-electron chi connectivity index (χ3n) is 7.47. The van der Waals surface area contributed by atoms with Gasteiger partial charge in [-0.2, -0.15) is 0 Å². The lowest BCUT2D eigenvalue weighted by atomic mass is 9.63. The Kier molecular flexibility index (Phi) is 5.71. The highest BCUT2D eigenvalue weighted by Crippen LogP contribution is 2.48. The maximum absolute atomic E-state index is 13.8. The van der Waals surface area contributed by atoms with E-state index in [9.17, 15) is 9.59 Å². The lowest BCUT2D eigenvalue weighted by molar-refractivity contribution is -0.193. The minimum atomic E-state index is -0.452. The Balaban J connectivity index is 1.50. The summed E-state index contributed by atoms with van der Waals surface area (Å²) in [6.07, 6.45) is 7.88. The van der Waals surface area contributed by atoms with E-state index in [0.717, 1.165) is 57.9 Å². The van der Waals surface area contributed by atoms with Crippen molar-refractivity contribution >= 4 is 11.8 Å². The highest BCUT2D eigenvalue weighted by Gasteiger charge is 2.55. The summed E-state index contributed by atoms with van der Waals surface area (Å²) in [7, 11) is 0. The molecule has 3 saturated heterocycles. The summed E-state index contributed by atoms with van der Waals surface area (Å²) in [5, 5.41) is 0. The molecular weight excluding hydrogens is 356 g/mol. The van der Waals surface area contributed by atoms with E-state index in [4.69, 9.17) is 9.47 Å². The molecule has 6 heteroatoms. The number of rotatable bonds is 4. The van der Waals surface area contributed by atoms with Gasteiger partial charge >= 0.3 is 0 Å². The van der Waals surface area contributed by atoms with Crippen molar-refractivity contribution in [1.82, 2.24) is 9.80 Å². The van der Waals surface area contributed by atoms with Crippen LogP contribution in [-0.2, 0) is 19.1 Å². The first-order valence-corrected chi connectivity index (χ1v) is 11.3. The largest absolute Gasteiger partial charge is 0.347 e. The van der Waals surface area contributed by atoms with Crippen LogP contribution in [0.4, 0.5) is 0 Å². The van der Waals surface area contributed by atoms with Gasteiger partial charge in [-0.15, -0.1) is 0 Å². The zero-order chi connectivity index (χ0) is 19.8. The molecule has 158 valence electrons. The summed E-state index contributed by atoms with van der Waals surface area (Å²) in [6, 6.07) is 0.0867. The second-order valence-electron chi connectivity index (χ2n) is 9.59. The molecule has 4 rings (SSSR count). The van der Waals surface area contributed by atoms with Crippen molar-refractivity contribution < 1.29 is 19.1 Å². The zero-order valence-corrected chi connectivity index (χ0v) is 17.6. The van der Waals surface area contributed by atoms with Crippen molar-refractivity contribution in [2.24, 2.45) is 11.3 Å². The van der Waals surface area contributed by atoms with E-state index in [2.05, 4.69) is 18.7 Å². The van der Waals surface area contributed by atoms with Gasteiger partial charge < -0.3 is 19.3 Å². The monoisotopic (exact) mass is 392 g/mol. The van der Waals surface area contributed by atoms with Crippen LogP contribution in [0, 0.1) is 11.3 Å². The number of likely N-dealkylation sites (tertiary alicyclic amines) is 2. The van der Waals surface area contributed by atoms with E-state index in [1.54, 1.807) is 0 Å². The Bertz CT molecular complexity index is 591. The molecule has 1 aliphatic carbocycles. The molecule has 0 radical (unpaired) electrons. The first-order chi connectivity index (χ1) is 13.5. The summed E-state index contributed by atoms with van der Waals surface area (Å²) >= 11 is 0. The predicted molar refractivity (Wildman–Crippen MR) is 106 cm³/mol. The van der Waals surface area contributed by atoms with E-state index < -0.39 is 5.79 Å². The predicted octanol–water partition coefficient (Wildman–Crippen LogP) is 2.95. The van der Waals surface area contributed by atoms with Gasteiger partial charge in [0.2, 0.25) is 11.8 Å². The van der Waals surface area contributed by atoms with Crippen molar-refractivity contribution in [3.63, 3.8) is 0 Å².